The summed E-state index contributed by atoms with van der Waals surface area (Å²) >= 11 is 0. The molecule has 2 heterocycles. The van der Waals surface area contributed by atoms with Crippen LogP contribution in [0.25, 0.3) is 22.6 Å². The van der Waals surface area contributed by atoms with Gasteiger partial charge in [0.25, 0.3) is 0 Å². The SMILES string of the molecule is CC(C)c1cc(-c2ncoc2-c2ccc(CN3CCOCC3)cc2)c(OCc2ccccc2)cc1OCc1ccccc1. The number of hydrogen-bond acceptors (Lipinski definition) is 6. The van der Waals surface area contributed by atoms with Crippen LogP contribution in [-0.4, -0.2) is 36.2 Å². The monoisotopic (exact) mass is 574 g/mol. The second-order valence-electron chi connectivity index (χ2n) is 11.2. The lowest BCUT2D eigenvalue weighted by Crippen LogP contribution is -2.35. The van der Waals surface area contributed by atoms with Crippen LogP contribution < -0.4 is 9.47 Å². The van der Waals surface area contributed by atoms with Crippen LogP contribution in [-0.2, 0) is 24.5 Å². The van der Waals surface area contributed by atoms with Crippen molar-refractivity contribution in [2.45, 2.75) is 39.5 Å². The summed E-state index contributed by atoms with van der Waals surface area (Å²) in [6.07, 6.45) is 1.52. The van der Waals surface area contributed by atoms with Crippen molar-refractivity contribution < 1.29 is 18.6 Å². The zero-order valence-corrected chi connectivity index (χ0v) is 24.9. The first kappa shape index (κ1) is 28.7. The molecule has 0 saturated carbocycles. The van der Waals surface area contributed by atoms with Crippen molar-refractivity contribution in [3.05, 3.63) is 126 Å². The van der Waals surface area contributed by atoms with Gasteiger partial charge in [-0.25, -0.2) is 4.98 Å². The first-order chi connectivity index (χ1) is 21.1. The maximum atomic E-state index is 6.49. The van der Waals surface area contributed by atoms with Crippen LogP contribution >= 0.6 is 0 Å². The van der Waals surface area contributed by atoms with Crippen molar-refractivity contribution >= 4 is 0 Å². The van der Waals surface area contributed by atoms with E-state index >= 15 is 0 Å². The van der Waals surface area contributed by atoms with Gasteiger partial charge in [0, 0.05) is 36.8 Å². The molecule has 1 aliphatic rings. The van der Waals surface area contributed by atoms with Gasteiger partial charge in [-0.15, -0.1) is 0 Å². The topological polar surface area (TPSA) is 57.0 Å². The Labute approximate surface area is 253 Å². The smallest absolute Gasteiger partial charge is 0.182 e. The van der Waals surface area contributed by atoms with E-state index in [0.29, 0.717) is 19.0 Å². The lowest BCUT2D eigenvalue weighted by Gasteiger charge is -2.26. The highest BCUT2D eigenvalue weighted by Crippen LogP contribution is 2.42. The second-order valence-corrected chi connectivity index (χ2v) is 11.2. The highest BCUT2D eigenvalue weighted by Gasteiger charge is 2.22. The Hall–Kier alpha value is -4.39. The number of nitrogens with zero attached hydrogens (tertiary/aromatic N) is 2. The molecule has 6 rings (SSSR count). The number of ether oxygens (including phenoxy) is 3. The van der Waals surface area contributed by atoms with Crippen molar-refractivity contribution in [1.29, 1.82) is 0 Å². The van der Waals surface area contributed by atoms with Crippen LogP contribution in [0.1, 0.15) is 42.0 Å². The molecule has 43 heavy (non-hydrogen) atoms. The van der Waals surface area contributed by atoms with Crippen LogP contribution in [0.15, 0.2) is 108 Å². The second kappa shape index (κ2) is 13.7. The summed E-state index contributed by atoms with van der Waals surface area (Å²) in [4.78, 5) is 7.13. The van der Waals surface area contributed by atoms with Crippen LogP contribution in [0, 0.1) is 0 Å². The van der Waals surface area contributed by atoms with Gasteiger partial charge >= 0.3 is 0 Å². The molecule has 4 aromatic carbocycles. The van der Waals surface area contributed by atoms with E-state index in [1.54, 1.807) is 0 Å². The van der Waals surface area contributed by atoms with E-state index in [1.165, 1.54) is 12.0 Å². The number of oxazole rings is 1. The van der Waals surface area contributed by atoms with Crippen LogP contribution in [0.2, 0.25) is 0 Å². The quantitative estimate of drug-likeness (QED) is 0.159. The molecular weight excluding hydrogens is 536 g/mol. The Kier molecular flexibility index (Phi) is 9.16. The highest BCUT2D eigenvalue weighted by atomic mass is 16.5. The number of benzene rings is 4. The molecular formula is C37H38N2O4. The number of morpholine rings is 1. The molecule has 220 valence electrons. The molecule has 0 N–H and O–H groups in total. The molecule has 6 heteroatoms. The van der Waals surface area contributed by atoms with Gasteiger partial charge in [-0.05, 0) is 34.2 Å². The standard InChI is InChI=1S/C37H38N2O4/c1-27(2)32-21-33(36-37(43-26-38-36)31-15-13-28(14-16-31)23-39-17-19-40-20-18-39)35(42-25-30-11-7-4-8-12-30)22-34(32)41-24-29-9-5-3-6-10-29/h3-16,21-22,26-27H,17-20,23-25H2,1-2H3. The van der Waals surface area contributed by atoms with E-state index in [-0.39, 0.29) is 5.92 Å². The number of hydrogen-bond donors (Lipinski definition) is 0. The van der Waals surface area contributed by atoms with Crippen LogP contribution in [0.4, 0.5) is 0 Å². The van der Waals surface area contributed by atoms with Crippen molar-refractivity contribution in [2.75, 3.05) is 26.3 Å². The molecule has 0 amide bonds. The van der Waals surface area contributed by atoms with E-state index in [2.05, 4.69) is 73.3 Å². The van der Waals surface area contributed by atoms with Crippen LogP contribution in [0.3, 0.4) is 0 Å². The van der Waals surface area contributed by atoms with Gasteiger partial charge in [0.15, 0.2) is 12.2 Å². The summed E-state index contributed by atoms with van der Waals surface area (Å²) in [6.45, 7) is 9.68. The molecule has 0 atom stereocenters. The number of rotatable bonds is 11. The fraction of sp³-hybridized carbons (Fsp3) is 0.270. The van der Waals surface area contributed by atoms with Gasteiger partial charge in [0.1, 0.15) is 30.4 Å². The van der Waals surface area contributed by atoms with Gasteiger partial charge in [0.2, 0.25) is 0 Å². The third-order valence-corrected chi connectivity index (χ3v) is 7.76. The molecule has 6 nitrogen and oxygen atoms in total. The Balaban J connectivity index is 1.33. The molecule has 0 bridgehead atoms. The molecule has 1 aromatic heterocycles. The Bertz CT molecular complexity index is 1590. The average Bonchev–Trinajstić information content (AvgIpc) is 3.54. The maximum Gasteiger partial charge on any atom is 0.182 e. The molecule has 1 fully saturated rings. The predicted octanol–water partition coefficient (Wildman–Crippen LogP) is 8.12. The minimum atomic E-state index is 0.225. The summed E-state index contributed by atoms with van der Waals surface area (Å²) < 4.78 is 24.4. The zero-order chi connectivity index (χ0) is 29.4. The van der Waals surface area contributed by atoms with E-state index in [4.69, 9.17) is 23.6 Å². The van der Waals surface area contributed by atoms with Gasteiger partial charge in [-0.2, -0.15) is 0 Å². The van der Waals surface area contributed by atoms with Gasteiger partial charge in [0.05, 0.1) is 13.2 Å². The van der Waals surface area contributed by atoms with Crippen LogP contribution in [0.5, 0.6) is 11.5 Å². The molecule has 0 radical (unpaired) electrons. The van der Waals surface area contributed by atoms with E-state index < -0.39 is 0 Å². The fourth-order valence-electron chi connectivity index (χ4n) is 5.35. The van der Waals surface area contributed by atoms with Gasteiger partial charge < -0.3 is 18.6 Å². The normalized spacial score (nSPS) is 13.7. The summed E-state index contributed by atoms with van der Waals surface area (Å²) in [5.74, 6) is 2.45. The van der Waals surface area contributed by atoms with Gasteiger partial charge in [-0.1, -0.05) is 98.8 Å². The fourth-order valence-corrected chi connectivity index (χ4v) is 5.35. The predicted molar refractivity (Wildman–Crippen MR) is 169 cm³/mol. The maximum absolute atomic E-state index is 6.49. The summed E-state index contributed by atoms with van der Waals surface area (Å²) in [6, 6.07) is 33.1. The number of aromatic nitrogens is 1. The highest BCUT2D eigenvalue weighted by molar-refractivity contribution is 5.81. The summed E-state index contributed by atoms with van der Waals surface area (Å²) in [5.41, 5.74) is 7.16. The molecule has 0 aliphatic carbocycles. The van der Waals surface area contributed by atoms with Crippen molar-refractivity contribution in [2.24, 2.45) is 0 Å². The van der Waals surface area contributed by atoms with Gasteiger partial charge in [-0.3, -0.25) is 4.90 Å². The van der Waals surface area contributed by atoms with Crippen molar-refractivity contribution in [1.82, 2.24) is 9.88 Å². The third-order valence-electron chi connectivity index (χ3n) is 7.76. The van der Waals surface area contributed by atoms with E-state index in [0.717, 1.165) is 77.9 Å². The minimum Gasteiger partial charge on any atom is -0.488 e. The van der Waals surface area contributed by atoms with Crippen molar-refractivity contribution in [3.8, 4) is 34.1 Å². The lowest BCUT2D eigenvalue weighted by atomic mass is 9.96. The first-order valence-electron chi connectivity index (χ1n) is 15.0. The Morgan fingerprint density at radius 2 is 1.37 bits per heavy atom. The minimum absolute atomic E-state index is 0.225. The molecule has 0 spiro atoms. The lowest BCUT2D eigenvalue weighted by molar-refractivity contribution is 0.0342. The van der Waals surface area contributed by atoms with E-state index in [1.807, 2.05) is 42.5 Å². The average molecular weight is 575 g/mol. The third kappa shape index (κ3) is 7.16. The van der Waals surface area contributed by atoms with E-state index in [9.17, 15) is 0 Å². The first-order valence-corrected chi connectivity index (χ1v) is 15.0. The molecule has 5 aromatic rings. The Morgan fingerprint density at radius 1 is 0.744 bits per heavy atom. The summed E-state index contributed by atoms with van der Waals surface area (Å²) in [5, 5.41) is 0. The molecule has 1 saturated heterocycles. The Morgan fingerprint density at radius 3 is 2.00 bits per heavy atom. The largest absolute Gasteiger partial charge is 0.488 e. The molecule has 0 unspecified atom stereocenters. The van der Waals surface area contributed by atoms with Crippen molar-refractivity contribution in [3.63, 3.8) is 0 Å². The zero-order valence-electron chi connectivity index (χ0n) is 24.9. The summed E-state index contributed by atoms with van der Waals surface area (Å²) in [7, 11) is 0. The molecule has 1 aliphatic heterocycles.